The van der Waals surface area contributed by atoms with Gasteiger partial charge in [-0.1, -0.05) is 11.6 Å². The monoisotopic (exact) mass is 347 g/mol. The zero-order valence-electron chi connectivity index (χ0n) is 13.9. The molecule has 1 saturated heterocycles. The zero-order chi connectivity index (χ0) is 16.5. The van der Waals surface area contributed by atoms with Gasteiger partial charge in [0.1, 0.15) is 11.6 Å². The number of aromatic nitrogens is 5. The second-order valence-corrected chi connectivity index (χ2v) is 7.04. The molecular formula is C16H22ClN7. The van der Waals surface area contributed by atoms with E-state index in [0.717, 1.165) is 63.0 Å². The number of nitrogens with zero attached hydrogens (tertiary/aromatic N) is 7. The molecule has 0 unspecified atom stereocenters. The molecule has 0 amide bonds. The predicted octanol–water partition coefficient (Wildman–Crippen LogP) is 1.77. The highest BCUT2D eigenvalue weighted by Gasteiger charge is 2.26. The molecule has 0 aliphatic carbocycles. The topological polar surface area (TPSA) is 63.0 Å². The Bertz CT molecular complexity index is 691. The van der Waals surface area contributed by atoms with Crippen molar-refractivity contribution < 1.29 is 0 Å². The van der Waals surface area contributed by atoms with Crippen LogP contribution in [0.25, 0.3) is 0 Å². The maximum Gasteiger partial charge on any atom is 0.225 e. The summed E-state index contributed by atoms with van der Waals surface area (Å²) in [6.07, 6.45) is 7.78. The van der Waals surface area contributed by atoms with E-state index in [-0.39, 0.29) is 0 Å². The van der Waals surface area contributed by atoms with Gasteiger partial charge in [0.05, 0.1) is 24.0 Å². The Balaban J connectivity index is 1.34. The van der Waals surface area contributed by atoms with Crippen molar-refractivity contribution in [2.45, 2.75) is 44.8 Å². The fourth-order valence-corrected chi connectivity index (χ4v) is 3.74. The van der Waals surface area contributed by atoms with E-state index in [0.29, 0.717) is 11.1 Å². The van der Waals surface area contributed by atoms with Crippen LogP contribution >= 0.6 is 11.6 Å². The van der Waals surface area contributed by atoms with Crippen LogP contribution in [0.3, 0.4) is 0 Å². The molecule has 8 heteroatoms. The van der Waals surface area contributed by atoms with Crippen molar-refractivity contribution in [3.63, 3.8) is 0 Å². The Hall–Kier alpha value is -1.73. The molecule has 4 rings (SSSR count). The largest absolute Gasteiger partial charge is 0.341 e. The van der Waals surface area contributed by atoms with Crippen LogP contribution in [0.1, 0.15) is 30.9 Å². The number of rotatable bonds is 4. The van der Waals surface area contributed by atoms with Crippen molar-refractivity contribution in [1.82, 2.24) is 29.6 Å². The van der Waals surface area contributed by atoms with Gasteiger partial charge in [0.2, 0.25) is 5.95 Å². The lowest BCUT2D eigenvalue weighted by Gasteiger charge is -2.36. The molecule has 7 nitrogen and oxygen atoms in total. The van der Waals surface area contributed by atoms with Gasteiger partial charge in [0.15, 0.2) is 0 Å². The Labute approximate surface area is 146 Å². The maximum atomic E-state index is 5.87. The Morgan fingerprint density at radius 1 is 1.17 bits per heavy atom. The highest BCUT2D eigenvalue weighted by atomic mass is 35.5. The molecule has 24 heavy (non-hydrogen) atoms. The van der Waals surface area contributed by atoms with Crippen LogP contribution in [-0.2, 0) is 19.5 Å². The van der Waals surface area contributed by atoms with Crippen LogP contribution in [0, 0.1) is 0 Å². The summed E-state index contributed by atoms with van der Waals surface area (Å²) >= 11 is 5.87. The second-order valence-electron chi connectivity index (χ2n) is 6.61. The fourth-order valence-electron chi connectivity index (χ4n) is 3.64. The van der Waals surface area contributed by atoms with Crippen molar-refractivity contribution in [2.75, 3.05) is 25.0 Å². The first-order valence-corrected chi connectivity index (χ1v) is 8.92. The highest BCUT2D eigenvalue weighted by Crippen LogP contribution is 2.22. The first-order chi connectivity index (χ1) is 11.7. The van der Waals surface area contributed by atoms with Gasteiger partial charge in [-0.15, -0.1) is 10.2 Å². The normalized spacial score (nSPS) is 18.8. The van der Waals surface area contributed by atoms with Gasteiger partial charge >= 0.3 is 0 Å². The van der Waals surface area contributed by atoms with Crippen LogP contribution in [0.15, 0.2) is 12.4 Å². The summed E-state index contributed by atoms with van der Waals surface area (Å²) in [7, 11) is 2.06. The molecule has 0 saturated carbocycles. The van der Waals surface area contributed by atoms with Gasteiger partial charge in [0.25, 0.3) is 0 Å². The molecule has 2 aromatic heterocycles. The van der Waals surface area contributed by atoms with Gasteiger partial charge in [-0.2, -0.15) is 0 Å². The first-order valence-electron chi connectivity index (χ1n) is 8.54. The Morgan fingerprint density at radius 3 is 2.67 bits per heavy atom. The van der Waals surface area contributed by atoms with Crippen LogP contribution < -0.4 is 4.90 Å². The molecule has 1 fully saturated rings. The van der Waals surface area contributed by atoms with E-state index in [9.17, 15) is 0 Å². The molecule has 2 aliphatic heterocycles. The quantitative estimate of drug-likeness (QED) is 0.840. The molecule has 4 heterocycles. The first kappa shape index (κ1) is 15.8. The molecule has 128 valence electrons. The highest BCUT2D eigenvalue weighted by molar-refractivity contribution is 6.30. The fraction of sp³-hybridized carbons (Fsp3) is 0.625. The molecule has 0 aromatic carbocycles. The second kappa shape index (κ2) is 6.64. The van der Waals surface area contributed by atoms with E-state index in [1.165, 1.54) is 6.42 Å². The van der Waals surface area contributed by atoms with E-state index < -0.39 is 0 Å². The number of halogens is 1. The third-order valence-corrected chi connectivity index (χ3v) is 5.27. The van der Waals surface area contributed by atoms with E-state index in [1.54, 1.807) is 12.4 Å². The van der Waals surface area contributed by atoms with Gasteiger partial charge in [-0.3, -0.25) is 4.90 Å². The summed E-state index contributed by atoms with van der Waals surface area (Å²) in [6.45, 7) is 4.10. The summed E-state index contributed by atoms with van der Waals surface area (Å²) < 4.78 is 2.29. The van der Waals surface area contributed by atoms with Crippen molar-refractivity contribution in [1.29, 1.82) is 0 Å². The van der Waals surface area contributed by atoms with Crippen molar-refractivity contribution >= 4 is 17.5 Å². The predicted molar refractivity (Wildman–Crippen MR) is 92.1 cm³/mol. The van der Waals surface area contributed by atoms with E-state index in [2.05, 4.69) is 41.6 Å². The van der Waals surface area contributed by atoms with E-state index >= 15 is 0 Å². The summed E-state index contributed by atoms with van der Waals surface area (Å²) in [5.74, 6) is 3.02. The zero-order valence-corrected chi connectivity index (χ0v) is 14.7. The summed E-state index contributed by atoms with van der Waals surface area (Å²) in [5, 5.41) is 9.25. The van der Waals surface area contributed by atoms with Crippen molar-refractivity contribution in [3.05, 3.63) is 29.1 Å². The number of piperidine rings is 1. The van der Waals surface area contributed by atoms with Crippen molar-refractivity contribution in [3.8, 4) is 0 Å². The van der Waals surface area contributed by atoms with Crippen LogP contribution in [-0.4, -0.2) is 55.8 Å². The van der Waals surface area contributed by atoms with Gasteiger partial charge in [-0.05, 0) is 19.3 Å². The molecule has 2 aliphatic rings. The smallest absolute Gasteiger partial charge is 0.225 e. The Kier molecular flexibility index (Phi) is 4.37. The summed E-state index contributed by atoms with van der Waals surface area (Å²) in [6, 6.07) is 0.464. The van der Waals surface area contributed by atoms with Gasteiger partial charge < -0.3 is 9.47 Å². The summed E-state index contributed by atoms with van der Waals surface area (Å²) in [5.41, 5.74) is 0. The average molecular weight is 348 g/mol. The van der Waals surface area contributed by atoms with Gasteiger partial charge in [0, 0.05) is 39.1 Å². The Morgan fingerprint density at radius 2 is 1.92 bits per heavy atom. The minimum absolute atomic E-state index is 0.464. The average Bonchev–Trinajstić information content (AvgIpc) is 3.21. The van der Waals surface area contributed by atoms with Crippen molar-refractivity contribution in [2.24, 2.45) is 0 Å². The van der Waals surface area contributed by atoms with E-state index in [4.69, 9.17) is 11.6 Å². The standard InChI is InChI=1S/C16H22ClN7/c1-22(16-18-9-12(17)10-19-16)13-4-7-23(8-5-13)11-15-21-20-14-3-2-6-24(14)15/h9-10,13H,2-8,11H2,1H3. The van der Waals surface area contributed by atoms with Crippen LogP contribution in [0.4, 0.5) is 5.95 Å². The SMILES string of the molecule is CN(c1ncc(Cl)cn1)C1CCN(Cc2nnc3n2CCC3)CC1. The van der Waals surface area contributed by atoms with Gasteiger partial charge in [-0.25, -0.2) is 9.97 Å². The molecule has 0 bridgehead atoms. The van der Waals surface area contributed by atoms with Crippen LogP contribution in [0.5, 0.6) is 0 Å². The number of likely N-dealkylation sites (tertiary alicyclic amines) is 1. The number of hydrogen-bond acceptors (Lipinski definition) is 6. The van der Waals surface area contributed by atoms with E-state index in [1.807, 2.05) is 0 Å². The molecule has 2 aromatic rings. The molecular weight excluding hydrogens is 326 g/mol. The van der Waals surface area contributed by atoms with Crippen LogP contribution in [0.2, 0.25) is 5.02 Å². The summed E-state index contributed by atoms with van der Waals surface area (Å²) in [4.78, 5) is 13.3. The molecule has 0 spiro atoms. The lowest BCUT2D eigenvalue weighted by atomic mass is 10.0. The lowest BCUT2D eigenvalue weighted by Crippen LogP contribution is -2.44. The molecule has 0 N–H and O–H groups in total. The number of hydrogen-bond donors (Lipinski definition) is 0. The maximum absolute atomic E-state index is 5.87. The lowest BCUT2D eigenvalue weighted by molar-refractivity contribution is 0.196. The number of fused-ring (bicyclic) bond motifs is 1. The molecule has 0 radical (unpaired) electrons. The third-order valence-electron chi connectivity index (χ3n) is 5.08. The molecule has 0 atom stereocenters. The third kappa shape index (κ3) is 3.10. The minimum atomic E-state index is 0.464. The minimum Gasteiger partial charge on any atom is -0.341 e. The number of anilines is 1. The number of aryl methyl sites for hydroxylation is 1.